The van der Waals surface area contributed by atoms with Crippen LogP contribution in [0.4, 0.5) is 0 Å². The predicted molar refractivity (Wildman–Crippen MR) is 150 cm³/mol. The van der Waals surface area contributed by atoms with E-state index in [-0.39, 0.29) is 16.9 Å². The number of aryl methyl sites for hydroxylation is 1. The molecule has 212 valence electrons. The predicted octanol–water partition coefficient (Wildman–Crippen LogP) is 4.69. The van der Waals surface area contributed by atoms with E-state index in [9.17, 15) is 8.42 Å². The van der Waals surface area contributed by atoms with Gasteiger partial charge in [-0.1, -0.05) is 23.8 Å². The molecule has 2 aromatic carbocycles. The molecule has 0 radical (unpaired) electrons. The van der Waals surface area contributed by atoms with Gasteiger partial charge in [-0.05, 0) is 56.5 Å². The Morgan fingerprint density at radius 3 is 2.38 bits per heavy atom. The van der Waals surface area contributed by atoms with E-state index in [1.165, 1.54) is 0 Å². The number of aromatic nitrogens is 1. The minimum atomic E-state index is -4.00. The zero-order chi connectivity index (χ0) is 28.4. The van der Waals surface area contributed by atoms with Crippen LogP contribution < -0.4 is 14.2 Å². The van der Waals surface area contributed by atoms with Gasteiger partial charge < -0.3 is 18.9 Å². The van der Waals surface area contributed by atoms with Crippen LogP contribution in [-0.2, 0) is 19.0 Å². The van der Waals surface area contributed by atoms with E-state index in [0.29, 0.717) is 36.8 Å². The molecule has 1 aliphatic carbocycles. The first-order valence-corrected chi connectivity index (χ1v) is 14.7. The lowest BCUT2D eigenvalue weighted by Crippen LogP contribution is -2.48. The van der Waals surface area contributed by atoms with E-state index < -0.39 is 22.3 Å². The molecule has 10 heteroatoms. The number of benzene rings is 2. The highest BCUT2D eigenvalue weighted by Gasteiger charge is 2.47. The molecule has 0 bridgehead atoms. The third-order valence-corrected chi connectivity index (χ3v) is 8.85. The van der Waals surface area contributed by atoms with Gasteiger partial charge in [0.1, 0.15) is 17.6 Å². The Morgan fingerprint density at radius 1 is 0.925 bits per heavy atom. The summed E-state index contributed by atoms with van der Waals surface area (Å²) in [7, 11) is 0.768. The second-order valence-corrected chi connectivity index (χ2v) is 11.4. The standard InChI is InChI=1S/C30H34N2O7S/c1-6-38-30-25(39-40(33,34)20-10-7-18(2)8-11-20)14-13-24-28(30)21-12-9-19(35-3)15-22(21)29(32-24)23-17-31-27(37-5)16-26(23)36-4/h7-12,15-17,24-25,28,30H,6,13-14H2,1-5H3/t24-,25-,28-,30?/m1/s1. The van der Waals surface area contributed by atoms with Crippen molar-refractivity contribution in [3.63, 3.8) is 0 Å². The lowest BCUT2D eigenvalue weighted by atomic mass is 9.72. The Balaban J connectivity index is 1.57. The molecule has 1 aliphatic heterocycles. The monoisotopic (exact) mass is 566 g/mol. The van der Waals surface area contributed by atoms with Gasteiger partial charge >= 0.3 is 0 Å². The van der Waals surface area contributed by atoms with Crippen molar-refractivity contribution < 1.29 is 31.5 Å². The van der Waals surface area contributed by atoms with Crippen LogP contribution in [0.2, 0.25) is 0 Å². The molecule has 0 amide bonds. The summed E-state index contributed by atoms with van der Waals surface area (Å²) >= 11 is 0. The SMILES string of the molecule is CCOC1[C@H](OS(=O)(=O)c2ccc(C)cc2)CC[C@H]2N=C(c3cnc(OC)cc3OC)c3cc(OC)ccc3[C@@H]12. The highest BCUT2D eigenvalue weighted by Crippen LogP contribution is 2.45. The summed E-state index contributed by atoms with van der Waals surface area (Å²) in [5.41, 5.74) is 4.25. The Labute approximate surface area is 235 Å². The molecule has 0 saturated heterocycles. The number of hydrogen-bond donors (Lipinski definition) is 0. The van der Waals surface area contributed by atoms with Crippen molar-refractivity contribution in [2.24, 2.45) is 4.99 Å². The third-order valence-electron chi connectivity index (χ3n) is 7.50. The fourth-order valence-electron chi connectivity index (χ4n) is 5.57. The lowest BCUT2D eigenvalue weighted by Gasteiger charge is -2.43. The van der Waals surface area contributed by atoms with E-state index in [4.69, 9.17) is 28.1 Å². The van der Waals surface area contributed by atoms with Crippen LogP contribution in [-0.4, -0.2) is 65.3 Å². The van der Waals surface area contributed by atoms with E-state index >= 15 is 0 Å². The number of hydrogen-bond acceptors (Lipinski definition) is 9. The summed E-state index contributed by atoms with van der Waals surface area (Å²) in [6.45, 7) is 4.21. The Kier molecular flexibility index (Phi) is 8.11. The normalized spacial score (nSPS) is 22.1. The lowest BCUT2D eigenvalue weighted by molar-refractivity contribution is -0.0584. The molecule has 1 unspecified atom stereocenters. The van der Waals surface area contributed by atoms with Crippen LogP contribution >= 0.6 is 0 Å². The average Bonchev–Trinajstić information content (AvgIpc) is 2.97. The summed E-state index contributed by atoms with van der Waals surface area (Å²) in [5, 5.41) is 0. The molecular formula is C30H34N2O7S. The van der Waals surface area contributed by atoms with Gasteiger partial charge in [0.25, 0.3) is 10.1 Å². The zero-order valence-corrected chi connectivity index (χ0v) is 24.1. The topological polar surface area (TPSA) is 106 Å². The maximum absolute atomic E-state index is 13.3. The number of pyridine rings is 1. The number of methoxy groups -OCH3 is 3. The fourth-order valence-corrected chi connectivity index (χ4v) is 6.68. The highest BCUT2D eigenvalue weighted by molar-refractivity contribution is 7.86. The van der Waals surface area contributed by atoms with Crippen molar-refractivity contribution in [2.75, 3.05) is 27.9 Å². The van der Waals surface area contributed by atoms with E-state index in [1.807, 2.05) is 32.0 Å². The smallest absolute Gasteiger partial charge is 0.297 e. The van der Waals surface area contributed by atoms with Crippen molar-refractivity contribution in [1.82, 2.24) is 4.98 Å². The maximum atomic E-state index is 13.3. The van der Waals surface area contributed by atoms with Gasteiger partial charge in [0, 0.05) is 30.4 Å². The van der Waals surface area contributed by atoms with Crippen LogP contribution in [0.5, 0.6) is 17.4 Å². The quantitative estimate of drug-likeness (QED) is 0.344. The van der Waals surface area contributed by atoms with Crippen molar-refractivity contribution in [3.05, 3.63) is 77.0 Å². The Hall–Kier alpha value is -3.47. The average molecular weight is 567 g/mol. The highest BCUT2D eigenvalue weighted by atomic mass is 32.2. The van der Waals surface area contributed by atoms with Crippen molar-refractivity contribution in [1.29, 1.82) is 0 Å². The first-order chi connectivity index (χ1) is 19.3. The third kappa shape index (κ3) is 5.31. The number of ether oxygens (including phenoxy) is 4. The summed E-state index contributed by atoms with van der Waals surface area (Å²) in [6.07, 6.45) is 1.58. The molecule has 9 nitrogen and oxygen atoms in total. The largest absolute Gasteiger partial charge is 0.497 e. The van der Waals surface area contributed by atoms with Gasteiger partial charge in [-0.2, -0.15) is 8.42 Å². The van der Waals surface area contributed by atoms with Crippen LogP contribution in [0, 0.1) is 6.92 Å². The van der Waals surface area contributed by atoms with Crippen LogP contribution in [0.15, 0.2) is 64.6 Å². The second-order valence-electron chi connectivity index (χ2n) is 9.85. The van der Waals surface area contributed by atoms with E-state index in [2.05, 4.69) is 4.98 Å². The molecular weight excluding hydrogens is 532 g/mol. The van der Waals surface area contributed by atoms with Crippen LogP contribution in [0.1, 0.15) is 47.9 Å². The van der Waals surface area contributed by atoms with Gasteiger partial charge in [0.05, 0.1) is 49.6 Å². The molecule has 2 aliphatic rings. The Morgan fingerprint density at radius 2 is 1.70 bits per heavy atom. The first kappa shape index (κ1) is 28.1. The van der Waals surface area contributed by atoms with Gasteiger partial charge in [-0.25, -0.2) is 4.98 Å². The van der Waals surface area contributed by atoms with Gasteiger partial charge in [-0.3, -0.25) is 9.18 Å². The molecule has 1 fully saturated rings. The maximum Gasteiger partial charge on any atom is 0.297 e. The van der Waals surface area contributed by atoms with Gasteiger partial charge in [0.15, 0.2) is 0 Å². The molecule has 2 heterocycles. The fraction of sp³-hybridized carbons (Fsp3) is 0.400. The van der Waals surface area contributed by atoms with E-state index in [0.717, 1.165) is 28.0 Å². The summed E-state index contributed by atoms with van der Waals surface area (Å²) < 4.78 is 55.2. The second kappa shape index (κ2) is 11.6. The zero-order valence-electron chi connectivity index (χ0n) is 23.3. The summed E-state index contributed by atoms with van der Waals surface area (Å²) in [5.74, 6) is 1.46. The number of rotatable bonds is 9. The minimum Gasteiger partial charge on any atom is -0.497 e. The summed E-state index contributed by atoms with van der Waals surface area (Å²) in [6, 6.07) is 14.1. The minimum absolute atomic E-state index is 0.128. The van der Waals surface area contributed by atoms with Crippen LogP contribution in [0.3, 0.4) is 0 Å². The molecule has 0 spiro atoms. The Bertz CT molecular complexity index is 1500. The molecule has 1 saturated carbocycles. The molecule has 40 heavy (non-hydrogen) atoms. The first-order valence-electron chi connectivity index (χ1n) is 13.3. The molecule has 5 rings (SSSR count). The van der Waals surface area contributed by atoms with Crippen molar-refractivity contribution in [2.45, 2.75) is 55.8 Å². The molecule has 3 aromatic rings. The van der Waals surface area contributed by atoms with Crippen molar-refractivity contribution in [3.8, 4) is 17.4 Å². The van der Waals surface area contributed by atoms with Gasteiger partial charge in [-0.15, -0.1) is 0 Å². The van der Waals surface area contributed by atoms with Gasteiger partial charge in [0.2, 0.25) is 5.88 Å². The number of fused-ring (bicyclic) bond motifs is 3. The number of nitrogens with zero attached hydrogens (tertiary/aromatic N) is 2. The summed E-state index contributed by atoms with van der Waals surface area (Å²) in [4.78, 5) is 9.74. The van der Waals surface area contributed by atoms with Crippen molar-refractivity contribution >= 4 is 15.8 Å². The number of aliphatic imine (C=N–C) groups is 1. The van der Waals surface area contributed by atoms with E-state index in [1.54, 1.807) is 57.9 Å². The molecule has 1 aromatic heterocycles. The van der Waals surface area contributed by atoms with Crippen LogP contribution in [0.25, 0.3) is 0 Å². The molecule has 4 atom stereocenters. The molecule has 0 N–H and O–H groups in total.